The van der Waals surface area contributed by atoms with Crippen molar-refractivity contribution >= 4 is 55.0 Å². The summed E-state index contributed by atoms with van der Waals surface area (Å²) in [7, 11) is 0. The van der Waals surface area contributed by atoms with Crippen LogP contribution in [0.2, 0.25) is 0 Å². The first-order valence-electron chi connectivity index (χ1n) is 3.52. The van der Waals surface area contributed by atoms with Crippen LogP contribution in [-0.4, -0.2) is 34.7 Å². The molecule has 2 atom stereocenters. The minimum Gasteiger partial charge on any atom is -0.480 e. The van der Waals surface area contributed by atoms with Gasteiger partial charge in [-0.05, 0) is 0 Å². The van der Waals surface area contributed by atoms with Gasteiger partial charge in [-0.3, -0.25) is 4.79 Å². The maximum atomic E-state index is 10.2. The second-order valence-corrected chi connectivity index (χ2v) is 3.80. The summed E-state index contributed by atoms with van der Waals surface area (Å²) in [6.07, 6.45) is 0. The smallest absolute Gasteiger partial charge is 0.321 e. The molecular weight excluding hydrogens is 418 g/mol. The van der Waals surface area contributed by atoms with Gasteiger partial charge in [0.05, 0.1) is 0 Å². The lowest BCUT2D eigenvalue weighted by atomic mass is 10.4. The predicted octanol–water partition coefficient (Wildman–Crippen LogP) is 1.25. The Labute approximate surface area is 106 Å². The summed E-state index contributed by atoms with van der Waals surface area (Å²) in [5.41, 5.74) is 10.6. The fourth-order valence-corrected chi connectivity index (χ4v) is 1.22. The van der Waals surface area contributed by atoms with Crippen molar-refractivity contribution in [3.05, 3.63) is 0 Å². The summed E-state index contributed by atoms with van der Waals surface area (Å²) in [4.78, 5) is 10.2. The molecule has 0 saturated heterocycles. The molecule has 0 rings (SSSR count). The number of aliphatic carboxylic acids is 1. The molecule has 0 aromatic heterocycles. The first-order valence-corrected chi connectivity index (χ1v) is 10.9. The molecule has 0 radical (unpaired) electrons. The lowest BCUT2D eigenvalue weighted by Gasteiger charge is -2.09. The molecule has 0 amide bonds. The molecule has 0 aliphatic heterocycles. The lowest BCUT2D eigenvalue weighted by molar-refractivity contribution is -0.137. The summed E-state index contributed by atoms with van der Waals surface area (Å²) in [6.45, 7) is 2.50. The third-order valence-electron chi connectivity index (χ3n) is 1.21. The standard InChI is InChI=1S/C6H14N2O2S.I2/c1-4(2-7)11-3-5(8)6(9)10;1-2/h4-5H,2-3,7-8H2,1H3,(H,9,10);. The Morgan fingerprint density at radius 3 is 2.38 bits per heavy atom. The number of rotatable bonds is 5. The van der Waals surface area contributed by atoms with E-state index in [2.05, 4.69) is 37.2 Å². The van der Waals surface area contributed by atoms with Crippen LogP contribution in [0.4, 0.5) is 0 Å². The van der Waals surface area contributed by atoms with Crippen molar-refractivity contribution in [1.82, 2.24) is 0 Å². The molecule has 2 unspecified atom stereocenters. The van der Waals surface area contributed by atoms with Gasteiger partial charge < -0.3 is 16.6 Å². The first kappa shape index (κ1) is 16.6. The molecule has 0 aliphatic carbocycles. The number of carboxylic acids is 1. The summed E-state index contributed by atoms with van der Waals surface area (Å²) in [6, 6.07) is -0.769. The number of carbonyl (C=O) groups is 1. The molecule has 4 nitrogen and oxygen atoms in total. The van der Waals surface area contributed by atoms with Crippen LogP contribution in [0.5, 0.6) is 0 Å². The molecule has 0 heterocycles. The second-order valence-electron chi connectivity index (χ2n) is 2.32. The van der Waals surface area contributed by atoms with Gasteiger partial charge in [0.2, 0.25) is 0 Å². The highest BCUT2D eigenvalue weighted by atomic mass is 128. The molecule has 0 aromatic carbocycles. The Kier molecular flexibility index (Phi) is 14.4. The van der Waals surface area contributed by atoms with Gasteiger partial charge >= 0.3 is 5.97 Å². The molecule has 0 spiro atoms. The van der Waals surface area contributed by atoms with Gasteiger partial charge in [-0.2, -0.15) is 11.8 Å². The highest BCUT2D eigenvalue weighted by Gasteiger charge is 2.12. The van der Waals surface area contributed by atoms with Gasteiger partial charge in [0.25, 0.3) is 0 Å². The molecule has 0 aromatic rings. The maximum absolute atomic E-state index is 10.2. The van der Waals surface area contributed by atoms with Crippen molar-refractivity contribution in [2.24, 2.45) is 11.5 Å². The monoisotopic (exact) mass is 432 g/mol. The Hall–Kier alpha value is 1.20. The minimum atomic E-state index is -0.957. The highest BCUT2D eigenvalue weighted by Crippen LogP contribution is 2.09. The van der Waals surface area contributed by atoms with Crippen LogP contribution in [0.3, 0.4) is 0 Å². The molecule has 13 heavy (non-hydrogen) atoms. The van der Waals surface area contributed by atoms with Gasteiger partial charge in [0, 0.05) is 54.8 Å². The van der Waals surface area contributed by atoms with Gasteiger partial charge in [0.15, 0.2) is 0 Å². The number of hydrogen-bond donors (Lipinski definition) is 3. The molecule has 80 valence electrons. The van der Waals surface area contributed by atoms with Crippen molar-refractivity contribution in [2.45, 2.75) is 18.2 Å². The quantitative estimate of drug-likeness (QED) is 0.570. The van der Waals surface area contributed by atoms with E-state index in [0.717, 1.165) is 0 Å². The summed E-state index contributed by atoms with van der Waals surface area (Å²) in [5.74, 6) is -0.532. The van der Waals surface area contributed by atoms with Gasteiger partial charge in [-0.25, -0.2) is 0 Å². The summed E-state index contributed by atoms with van der Waals surface area (Å²) < 4.78 is 0. The Balaban J connectivity index is 0. The molecule has 0 saturated carbocycles. The zero-order chi connectivity index (χ0) is 10.9. The maximum Gasteiger partial charge on any atom is 0.321 e. The number of nitrogens with two attached hydrogens (primary N) is 2. The van der Waals surface area contributed by atoms with Crippen molar-refractivity contribution in [2.75, 3.05) is 12.3 Å². The van der Waals surface area contributed by atoms with Gasteiger partial charge in [0.1, 0.15) is 6.04 Å². The van der Waals surface area contributed by atoms with Gasteiger partial charge in [-0.15, -0.1) is 0 Å². The van der Waals surface area contributed by atoms with Gasteiger partial charge in [-0.1, -0.05) is 6.92 Å². The first-order chi connectivity index (χ1) is 6.07. The van der Waals surface area contributed by atoms with E-state index in [4.69, 9.17) is 16.6 Å². The number of carboxylic acid groups (broad SMARTS) is 1. The van der Waals surface area contributed by atoms with Crippen LogP contribution in [-0.2, 0) is 4.79 Å². The van der Waals surface area contributed by atoms with Crippen molar-refractivity contribution in [1.29, 1.82) is 0 Å². The molecule has 0 aliphatic rings. The number of halogens is 2. The predicted molar refractivity (Wildman–Crippen MR) is 74.6 cm³/mol. The van der Waals surface area contributed by atoms with Crippen LogP contribution >= 0.6 is 49.0 Å². The van der Waals surface area contributed by atoms with Crippen LogP contribution in [0, 0.1) is 0 Å². The zero-order valence-electron chi connectivity index (χ0n) is 7.24. The number of thioether (sulfide) groups is 1. The van der Waals surface area contributed by atoms with E-state index in [-0.39, 0.29) is 5.25 Å². The normalized spacial score (nSPS) is 13.9. The van der Waals surface area contributed by atoms with Crippen molar-refractivity contribution < 1.29 is 9.90 Å². The van der Waals surface area contributed by atoms with Crippen molar-refractivity contribution in [3.63, 3.8) is 0 Å². The third kappa shape index (κ3) is 11.1. The van der Waals surface area contributed by atoms with E-state index in [9.17, 15) is 4.79 Å². The molecular formula is C6H14I2N2O2S. The largest absolute Gasteiger partial charge is 0.480 e. The van der Waals surface area contributed by atoms with E-state index >= 15 is 0 Å². The van der Waals surface area contributed by atoms with E-state index in [1.165, 1.54) is 11.8 Å². The SMILES string of the molecule is CC(CN)SCC(N)C(=O)O.II. The Morgan fingerprint density at radius 2 is 2.08 bits per heavy atom. The van der Waals surface area contributed by atoms with E-state index in [0.29, 0.717) is 12.3 Å². The average molecular weight is 432 g/mol. The van der Waals surface area contributed by atoms with E-state index in [1.807, 2.05) is 6.92 Å². The van der Waals surface area contributed by atoms with E-state index in [1.54, 1.807) is 0 Å². The van der Waals surface area contributed by atoms with Crippen LogP contribution in [0.1, 0.15) is 6.92 Å². The number of hydrogen-bond acceptors (Lipinski definition) is 4. The van der Waals surface area contributed by atoms with Crippen molar-refractivity contribution in [3.8, 4) is 0 Å². The highest BCUT2D eigenvalue weighted by molar-refractivity contribution is 15.0. The molecule has 5 N–H and O–H groups in total. The minimum absolute atomic E-state index is 0.278. The summed E-state index contributed by atoms with van der Waals surface area (Å²) >= 11 is 5.72. The lowest BCUT2D eigenvalue weighted by Crippen LogP contribution is -2.33. The van der Waals surface area contributed by atoms with Crippen LogP contribution in [0.15, 0.2) is 0 Å². The fourth-order valence-electron chi connectivity index (χ4n) is 0.407. The molecule has 0 bridgehead atoms. The molecule has 0 fully saturated rings. The van der Waals surface area contributed by atoms with E-state index < -0.39 is 12.0 Å². The van der Waals surface area contributed by atoms with Crippen LogP contribution < -0.4 is 11.5 Å². The topological polar surface area (TPSA) is 89.3 Å². The Bertz CT molecular complexity index is 140. The fraction of sp³-hybridized carbons (Fsp3) is 0.833. The molecule has 7 heteroatoms. The van der Waals surface area contributed by atoms with Crippen LogP contribution in [0.25, 0.3) is 0 Å². The second kappa shape index (κ2) is 11.3. The average Bonchev–Trinajstić information content (AvgIpc) is 2.16. The summed E-state index contributed by atoms with van der Waals surface area (Å²) in [5, 5.41) is 8.68. The third-order valence-corrected chi connectivity index (χ3v) is 2.52. The Morgan fingerprint density at radius 1 is 1.62 bits per heavy atom. The zero-order valence-corrected chi connectivity index (χ0v) is 12.4.